The van der Waals surface area contributed by atoms with E-state index in [1.54, 1.807) is 10.7 Å². The van der Waals surface area contributed by atoms with Gasteiger partial charge in [0, 0.05) is 22.8 Å². The van der Waals surface area contributed by atoms with Gasteiger partial charge in [-0.15, -0.1) is 0 Å². The molecule has 0 aliphatic heterocycles. The van der Waals surface area contributed by atoms with E-state index in [0.717, 1.165) is 11.4 Å². The molecule has 3 rings (SSSR count). The number of hydrogen-bond donors (Lipinski definition) is 2. The molecule has 6 heteroatoms. The number of hydrogen-bond acceptors (Lipinski definition) is 4. The number of aromatic nitrogens is 3. The number of aliphatic hydroxyl groups is 1. The average Bonchev–Trinajstić information content (AvgIpc) is 2.82. The second kappa shape index (κ2) is 4.53. The van der Waals surface area contributed by atoms with Crippen LogP contribution in [0.1, 0.15) is 42.0 Å². The van der Waals surface area contributed by atoms with E-state index < -0.39 is 0 Å². The third-order valence-electron chi connectivity index (χ3n) is 4.54. The first-order valence-corrected chi connectivity index (χ1v) is 7.11. The average molecular weight is 288 g/mol. The molecule has 0 bridgehead atoms. The first-order chi connectivity index (χ1) is 9.80. The largest absolute Gasteiger partial charge is 0.392 e. The van der Waals surface area contributed by atoms with Gasteiger partial charge in [0.15, 0.2) is 5.65 Å². The minimum Gasteiger partial charge on any atom is -0.392 e. The summed E-state index contributed by atoms with van der Waals surface area (Å²) in [6.07, 6.45) is 1.77. The highest BCUT2D eigenvalue weighted by Crippen LogP contribution is 2.40. The Kier molecular flexibility index (Phi) is 3.02. The van der Waals surface area contributed by atoms with Gasteiger partial charge in [-0.25, -0.2) is 9.50 Å². The molecule has 2 unspecified atom stereocenters. The van der Waals surface area contributed by atoms with Crippen molar-refractivity contribution in [1.29, 1.82) is 0 Å². The van der Waals surface area contributed by atoms with Crippen molar-refractivity contribution in [2.24, 2.45) is 5.41 Å². The monoisotopic (exact) mass is 288 g/mol. The smallest absolute Gasteiger partial charge is 0.257 e. The maximum Gasteiger partial charge on any atom is 0.257 e. The van der Waals surface area contributed by atoms with Crippen LogP contribution in [0.2, 0.25) is 0 Å². The van der Waals surface area contributed by atoms with E-state index in [-0.39, 0.29) is 23.5 Å². The molecule has 2 heterocycles. The van der Waals surface area contributed by atoms with Gasteiger partial charge in [0.05, 0.1) is 12.3 Å². The predicted octanol–water partition coefficient (Wildman–Crippen LogP) is 1.24. The van der Waals surface area contributed by atoms with Crippen LogP contribution in [-0.4, -0.2) is 37.8 Å². The minimum absolute atomic E-state index is 0.0270. The van der Waals surface area contributed by atoms with Crippen molar-refractivity contribution in [2.45, 2.75) is 46.3 Å². The number of rotatable bonds is 2. The summed E-state index contributed by atoms with van der Waals surface area (Å²) in [4.78, 5) is 16.9. The fourth-order valence-corrected chi connectivity index (χ4v) is 2.81. The van der Waals surface area contributed by atoms with Crippen molar-refractivity contribution in [3.8, 4) is 0 Å². The highest BCUT2D eigenvalue weighted by molar-refractivity contribution is 5.99. The molecule has 1 saturated carbocycles. The van der Waals surface area contributed by atoms with Crippen LogP contribution in [0.25, 0.3) is 5.65 Å². The van der Waals surface area contributed by atoms with Crippen LogP contribution in [0, 0.1) is 19.3 Å². The summed E-state index contributed by atoms with van der Waals surface area (Å²) in [6.45, 7) is 7.73. The molecule has 1 amide bonds. The minimum atomic E-state index is -0.366. The summed E-state index contributed by atoms with van der Waals surface area (Å²) in [5.74, 6) is -0.188. The number of nitrogens with one attached hydrogen (secondary N) is 1. The van der Waals surface area contributed by atoms with E-state index in [0.29, 0.717) is 17.6 Å². The van der Waals surface area contributed by atoms with Gasteiger partial charge in [-0.2, -0.15) is 5.10 Å². The molecule has 1 fully saturated rings. The standard InChI is InChI=1S/C15H20N4O2/c1-8-5-9(2)19-13(17-8)10(7-16-19)14(21)18-11-6-12(20)15(11,3)4/h5,7,11-12,20H,6H2,1-4H3,(H,18,21). The van der Waals surface area contributed by atoms with E-state index in [1.165, 1.54) is 0 Å². The number of carbonyl (C=O) groups excluding carboxylic acids is 1. The Bertz CT molecular complexity index is 720. The summed E-state index contributed by atoms with van der Waals surface area (Å²) < 4.78 is 1.67. The van der Waals surface area contributed by atoms with E-state index in [9.17, 15) is 9.90 Å². The molecule has 1 aliphatic carbocycles. The van der Waals surface area contributed by atoms with E-state index in [1.807, 2.05) is 33.8 Å². The molecule has 0 spiro atoms. The lowest BCUT2D eigenvalue weighted by Gasteiger charge is -2.49. The zero-order valence-electron chi connectivity index (χ0n) is 12.7. The van der Waals surface area contributed by atoms with Gasteiger partial charge in [0.25, 0.3) is 5.91 Å². The highest BCUT2D eigenvalue weighted by Gasteiger charge is 2.48. The number of aliphatic hydroxyl groups excluding tert-OH is 1. The van der Waals surface area contributed by atoms with Crippen LogP contribution in [0.4, 0.5) is 0 Å². The third-order valence-corrected chi connectivity index (χ3v) is 4.54. The molecule has 0 radical (unpaired) electrons. The fraction of sp³-hybridized carbons (Fsp3) is 0.533. The molecule has 0 saturated heterocycles. The normalized spacial score (nSPS) is 23.9. The molecule has 21 heavy (non-hydrogen) atoms. The lowest BCUT2D eigenvalue weighted by atomic mass is 9.64. The Morgan fingerprint density at radius 1 is 1.48 bits per heavy atom. The number of nitrogens with zero attached hydrogens (tertiary/aromatic N) is 3. The molecule has 112 valence electrons. The number of fused-ring (bicyclic) bond motifs is 1. The Hall–Kier alpha value is -1.95. The fourth-order valence-electron chi connectivity index (χ4n) is 2.81. The summed E-state index contributed by atoms with van der Waals surface area (Å²) in [5.41, 5.74) is 2.55. The summed E-state index contributed by atoms with van der Waals surface area (Å²) >= 11 is 0. The van der Waals surface area contributed by atoms with Crippen LogP contribution in [-0.2, 0) is 0 Å². The van der Waals surface area contributed by atoms with Crippen LogP contribution in [0.3, 0.4) is 0 Å². The van der Waals surface area contributed by atoms with Gasteiger partial charge in [-0.3, -0.25) is 4.79 Å². The molecule has 2 atom stereocenters. The number of carbonyl (C=O) groups is 1. The zero-order valence-corrected chi connectivity index (χ0v) is 12.7. The van der Waals surface area contributed by atoms with Crippen LogP contribution >= 0.6 is 0 Å². The first kappa shape index (κ1) is 14.0. The first-order valence-electron chi connectivity index (χ1n) is 7.11. The molecule has 1 aliphatic rings. The third kappa shape index (κ3) is 2.10. The van der Waals surface area contributed by atoms with Crippen LogP contribution < -0.4 is 5.32 Å². The van der Waals surface area contributed by atoms with Gasteiger partial charge in [-0.05, 0) is 26.3 Å². The Morgan fingerprint density at radius 2 is 2.19 bits per heavy atom. The van der Waals surface area contributed by atoms with Crippen LogP contribution in [0.15, 0.2) is 12.3 Å². The maximum atomic E-state index is 12.5. The van der Waals surface area contributed by atoms with Crippen molar-refractivity contribution in [1.82, 2.24) is 19.9 Å². The van der Waals surface area contributed by atoms with Gasteiger partial charge in [-0.1, -0.05) is 13.8 Å². The van der Waals surface area contributed by atoms with Crippen molar-refractivity contribution in [3.63, 3.8) is 0 Å². The van der Waals surface area contributed by atoms with Crippen molar-refractivity contribution in [3.05, 3.63) is 29.2 Å². The van der Waals surface area contributed by atoms with Gasteiger partial charge < -0.3 is 10.4 Å². The zero-order chi connectivity index (χ0) is 15.4. The predicted molar refractivity (Wildman–Crippen MR) is 78.1 cm³/mol. The summed E-state index contributed by atoms with van der Waals surface area (Å²) in [5, 5.41) is 17.0. The van der Waals surface area contributed by atoms with E-state index >= 15 is 0 Å². The Balaban J connectivity index is 1.89. The molecule has 2 aromatic rings. The molecule has 2 N–H and O–H groups in total. The molecule has 6 nitrogen and oxygen atoms in total. The number of aryl methyl sites for hydroxylation is 2. The Labute approximate surface area is 123 Å². The lowest BCUT2D eigenvalue weighted by Crippen LogP contribution is -2.61. The maximum absolute atomic E-state index is 12.5. The summed E-state index contributed by atoms with van der Waals surface area (Å²) in [7, 11) is 0. The molecular formula is C15H20N4O2. The summed E-state index contributed by atoms with van der Waals surface area (Å²) in [6, 6.07) is 1.90. The van der Waals surface area contributed by atoms with E-state index in [2.05, 4.69) is 15.4 Å². The van der Waals surface area contributed by atoms with Crippen molar-refractivity contribution in [2.75, 3.05) is 0 Å². The van der Waals surface area contributed by atoms with Gasteiger partial charge >= 0.3 is 0 Å². The van der Waals surface area contributed by atoms with Crippen molar-refractivity contribution >= 4 is 11.6 Å². The van der Waals surface area contributed by atoms with Crippen molar-refractivity contribution < 1.29 is 9.90 Å². The quantitative estimate of drug-likeness (QED) is 0.871. The van der Waals surface area contributed by atoms with Gasteiger partial charge in [0.1, 0.15) is 5.56 Å². The van der Waals surface area contributed by atoms with E-state index in [4.69, 9.17) is 0 Å². The highest BCUT2D eigenvalue weighted by atomic mass is 16.3. The Morgan fingerprint density at radius 3 is 2.81 bits per heavy atom. The molecule has 2 aromatic heterocycles. The van der Waals surface area contributed by atoms with Gasteiger partial charge in [0.2, 0.25) is 0 Å². The molecule has 0 aromatic carbocycles. The SMILES string of the molecule is Cc1cc(C)n2ncc(C(=O)NC3CC(O)C3(C)C)c2n1. The number of amides is 1. The second-order valence-electron chi connectivity index (χ2n) is 6.43. The topological polar surface area (TPSA) is 79.5 Å². The van der Waals surface area contributed by atoms with Crippen LogP contribution in [0.5, 0.6) is 0 Å². The second-order valence-corrected chi connectivity index (χ2v) is 6.43. The molecular weight excluding hydrogens is 268 g/mol. The lowest BCUT2D eigenvalue weighted by molar-refractivity contribution is -0.0689.